The zero-order valence-electron chi connectivity index (χ0n) is 21.1. The van der Waals surface area contributed by atoms with Gasteiger partial charge in [-0.25, -0.2) is 14.2 Å². The Morgan fingerprint density at radius 3 is 2.12 bits per heavy atom. The number of aryl methyl sites for hydroxylation is 2. The van der Waals surface area contributed by atoms with Crippen molar-refractivity contribution in [1.82, 2.24) is 29.4 Å². The molecule has 0 atom stereocenters. The van der Waals surface area contributed by atoms with Crippen molar-refractivity contribution in [1.29, 1.82) is 0 Å². The Bertz CT molecular complexity index is 1780. The van der Waals surface area contributed by atoms with Crippen LogP contribution in [0, 0.1) is 6.92 Å². The first kappa shape index (κ1) is 28.3. The van der Waals surface area contributed by atoms with Gasteiger partial charge in [0.2, 0.25) is 0 Å². The Balaban J connectivity index is 1.82. The van der Waals surface area contributed by atoms with E-state index in [4.69, 9.17) is 11.6 Å². The summed E-state index contributed by atoms with van der Waals surface area (Å²) in [4.78, 5) is 21.9. The van der Waals surface area contributed by atoms with Crippen molar-refractivity contribution in [3.63, 3.8) is 0 Å². The second kappa shape index (κ2) is 10.6. The Morgan fingerprint density at radius 2 is 1.51 bits per heavy atom. The van der Waals surface area contributed by atoms with E-state index in [2.05, 4.69) is 20.2 Å². The molecule has 0 spiro atoms. The molecule has 7 nitrogen and oxygen atoms in total. The van der Waals surface area contributed by atoms with Gasteiger partial charge in [0.25, 0.3) is 5.56 Å². The minimum Gasteiger partial charge on any atom is -0.267 e. The molecule has 1 aromatic carbocycles. The van der Waals surface area contributed by atoms with Crippen molar-refractivity contribution < 1.29 is 26.3 Å². The van der Waals surface area contributed by atoms with Crippen LogP contribution in [0.3, 0.4) is 0 Å². The summed E-state index contributed by atoms with van der Waals surface area (Å²) in [5, 5.41) is 8.61. The van der Waals surface area contributed by atoms with Crippen LogP contribution in [0.1, 0.15) is 29.2 Å². The Kier molecular flexibility index (Phi) is 7.32. The number of fused-ring (bicyclic) bond motifs is 1. The summed E-state index contributed by atoms with van der Waals surface area (Å²) < 4.78 is 81.5. The van der Waals surface area contributed by atoms with Crippen LogP contribution in [0.15, 0.2) is 65.7 Å². The molecule has 14 heteroatoms. The molecular weight excluding hydrogens is 574 g/mol. The predicted molar refractivity (Wildman–Crippen MR) is 138 cm³/mol. The van der Waals surface area contributed by atoms with E-state index in [0.717, 1.165) is 10.7 Å². The van der Waals surface area contributed by atoms with Gasteiger partial charge in [0.15, 0.2) is 11.5 Å². The quantitative estimate of drug-likeness (QED) is 0.209. The molecule has 212 valence electrons. The van der Waals surface area contributed by atoms with Gasteiger partial charge in [-0.15, -0.1) is 10.2 Å². The zero-order valence-corrected chi connectivity index (χ0v) is 21.9. The molecule has 41 heavy (non-hydrogen) atoms. The molecule has 0 bridgehead atoms. The van der Waals surface area contributed by atoms with E-state index in [1.54, 1.807) is 36.4 Å². The van der Waals surface area contributed by atoms with Crippen molar-refractivity contribution in [3.8, 4) is 22.3 Å². The third-order valence-electron chi connectivity index (χ3n) is 6.41. The number of hydrogen-bond acceptors (Lipinski definition) is 5. The molecular formula is C27H19ClF6N6O. The second-order valence-electron chi connectivity index (χ2n) is 9.16. The summed E-state index contributed by atoms with van der Waals surface area (Å²) in [6, 6.07) is 11.6. The van der Waals surface area contributed by atoms with Gasteiger partial charge in [-0.05, 0) is 53.9 Å². The average molecular weight is 593 g/mol. The van der Waals surface area contributed by atoms with E-state index >= 15 is 0 Å². The predicted octanol–water partition coefficient (Wildman–Crippen LogP) is 6.54. The number of benzene rings is 1. The molecule has 0 saturated heterocycles. The zero-order chi connectivity index (χ0) is 29.5. The highest BCUT2D eigenvalue weighted by Gasteiger charge is 2.33. The monoisotopic (exact) mass is 592 g/mol. The van der Waals surface area contributed by atoms with E-state index in [0.29, 0.717) is 21.7 Å². The number of rotatable bonds is 6. The number of hydrogen-bond donors (Lipinski definition) is 0. The van der Waals surface area contributed by atoms with Crippen LogP contribution >= 0.6 is 11.6 Å². The van der Waals surface area contributed by atoms with Crippen molar-refractivity contribution >= 4 is 17.2 Å². The van der Waals surface area contributed by atoms with E-state index in [-0.39, 0.29) is 34.8 Å². The summed E-state index contributed by atoms with van der Waals surface area (Å²) in [5.41, 5.74) is -0.0483. The Hall–Kier alpha value is -4.26. The summed E-state index contributed by atoms with van der Waals surface area (Å²) in [6.07, 6.45) is -8.08. The maximum atomic E-state index is 14.3. The maximum absolute atomic E-state index is 14.3. The highest BCUT2D eigenvalue weighted by atomic mass is 35.5. The van der Waals surface area contributed by atoms with Gasteiger partial charge in [0, 0.05) is 35.1 Å². The normalized spacial score (nSPS) is 12.3. The Labute approximate surface area is 233 Å². The lowest BCUT2D eigenvalue weighted by molar-refractivity contribution is -0.141. The van der Waals surface area contributed by atoms with Crippen molar-refractivity contribution in [3.05, 3.63) is 99.1 Å². The molecule has 0 amide bonds. The van der Waals surface area contributed by atoms with Crippen molar-refractivity contribution in [2.45, 2.75) is 38.7 Å². The largest absolute Gasteiger partial charge is 0.433 e. The van der Waals surface area contributed by atoms with Crippen molar-refractivity contribution in [2.24, 2.45) is 0 Å². The van der Waals surface area contributed by atoms with E-state index in [1.165, 1.54) is 29.9 Å². The molecule has 5 aromatic rings. The lowest BCUT2D eigenvalue weighted by Crippen LogP contribution is -2.30. The fourth-order valence-corrected chi connectivity index (χ4v) is 4.59. The third-order valence-corrected chi connectivity index (χ3v) is 6.66. The first-order valence-electron chi connectivity index (χ1n) is 12.1. The van der Waals surface area contributed by atoms with Gasteiger partial charge >= 0.3 is 12.4 Å². The summed E-state index contributed by atoms with van der Waals surface area (Å²) in [5.74, 6) is -0.150. The minimum atomic E-state index is -4.68. The van der Waals surface area contributed by atoms with Gasteiger partial charge in [-0.1, -0.05) is 29.8 Å². The lowest BCUT2D eigenvalue weighted by Gasteiger charge is -2.19. The van der Waals surface area contributed by atoms with E-state index in [1.807, 2.05) is 0 Å². The van der Waals surface area contributed by atoms with E-state index < -0.39 is 36.4 Å². The number of pyridine rings is 2. The van der Waals surface area contributed by atoms with Gasteiger partial charge in [0.05, 0.1) is 18.5 Å². The SMILES string of the molecule is Cc1nc(C(F)(F)F)ccc1Cn1c(=O)c(-c2ccncc2)c(-c2ccc(Cl)cc2)c2nnc(CCC(F)(F)F)n21. The van der Waals surface area contributed by atoms with Crippen LogP contribution in [0.25, 0.3) is 27.9 Å². The number of aromatic nitrogens is 6. The molecule has 0 saturated carbocycles. The molecule has 0 N–H and O–H groups in total. The molecule has 4 aromatic heterocycles. The van der Waals surface area contributed by atoms with Crippen molar-refractivity contribution in [2.75, 3.05) is 0 Å². The van der Waals surface area contributed by atoms with Crippen LogP contribution in [0.4, 0.5) is 26.3 Å². The fraction of sp³-hybridized carbons (Fsp3) is 0.222. The number of nitrogens with zero attached hydrogens (tertiary/aromatic N) is 6. The van der Waals surface area contributed by atoms with Gasteiger partial charge in [-0.2, -0.15) is 26.3 Å². The first-order chi connectivity index (χ1) is 19.3. The molecule has 0 aliphatic heterocycles. The number of halogens is 7. The maximum Gasteiger partial charge on any atom is 0.433 e. The molecule has 0 aliphatic rings. The highest BCUT2D eigenvalue weighted by molar-refractivity contribution is 6.30. The second-order valence-corrected chi connectivity index (χ2v) is 9.60. The third kappa shape index (κ3) is 5.80. The van der Waals surface area contributed by atoms with Crippen LogP contribution in [-0.4, -0.2) is 35.5 Å². The summed E-state index contributed by atoms with van der Waals surface area (Å²) >= 11 is 6.07. The lowest BCUT2D eigenvalue weighted by atomic mass is 9.97. The smallest absolute Gasteiger partial charge is 0.267 e. The standard InChI is InChI=1S/C27H19ClF6N6O/c1-15-18(4-7-20(36-15)27(32,33)34)14-39-25(41)23(17-9-12-35-13-10-17)22(16-2-5-19(28)6-3-16)24-38-37-21(40(24)39)8-11-26(29,30)31/h2-7,9-10,12-13H,8,11,14H2,1H3. The molecule has 0 fully saturated rings. The molecule has 5 rings (SSSR count). The van der Waals surface area contributed by atoms with Crippen LogP contribution < -0.4 is 5.56 Å². The van der Waals surface area contributed by atoms with E-state index in [9.17, 15) is 31.1 Å². The van der Waals surface area contributed by atoms with Crippen LogP contribution in [-0.2, 0) is 19.1 Å². The summed E-state index contributed by atoms with van der Waals surface area (Å²) in [6.45, 7) is 1.04. The molecule has 4 heterocycles. The molecule has 0 radical (unpaired) electrons. The summed E-state index contributed by atoms with van der Waals surface area (Å²) in [7, 11) is 0. The van der Waals surface area contributed by atoms with Crippen LogP contribution in [0.2, 0.25) is 5.02 Å². The number of alkyl halides is 6. The molecule has 0 unspecified atom stereocenters. The van der Waals surface area contributed by atoms with Gasteiger partial charge in [-0.3, -0.25) is 9.78 Å². The van der Waals surface area contributed by atoms with Gasteiger partial charge in [0.1, 0.15) is 5.69 Å². The van der Waals surface area contributed by atoms with Gasteiger partial charge < -0.3 is 0 Å². The minimum absolute atomic E-state index is 0.00275. The van der Waals surface area contributed by atoms with Crippen LogP contribution in [0.5, 0.6) is 0 Å². The average Bonchev–Trinajstić information content (AvgIpc) is 3.33. The first-order valence-corrected chi connectivity index (χ1v) is 12.5. The Morgan fingerprint density at radius 1 is 0.854 bits per heavy atom. The fourth-order valence-electron chi connectivity index (χ4n) is 4.46. The highest BCUT2D eigenvalue weighted by Crippen LogP contribution is 2.34. The topological polar surface area (TPSA) is 78.0 Å². The molecule has 0 aliphatic carbocycles.